The topological polar surface area (TPSA) is 34.1 Å². The van der Waals surface area contributed by atoms with E-state index in [1.165, 1.54) is 0 Å². The van der Waals surface area contributed by atoms with Gasteiger partial charge in [-0.2, -0.15) is 0 Å². The molecule has 0 saturated heterocycles. The molecule has 0 unspecified atom stereocenters. The first-order valence-corrected chi connectivity index (χ1v) is 3.00. The maximum atomic E-state index is 8.38. The van der Waals surface area contributed by atoms with Gasteiger partial charge in [-0.05, 0) is 0 Å². The molecule has 0 aliphatic carbocycles. The van der Waals surface area contributed by atoms with Gasteiger partial charge in [-0.15, -0.1) is 0 Å². The van der Waals surface area contributed by atoms with Gasteiger partial charge >= 0.3 is 43.7 Å². The predicted octanol–water partition coefficient (Wildman–Crippen LogP) is -0.243. The van der Waals surface area contributed by atoms with Crippen LogP contribution in [0.5, 0.6) is 0 Å². The standard InChI is InChI=1S/2O.2Zn. The molecule has 0 aliphatic heterocycles. The first-order chi connectivity index (χ1) is 2.00. The van der Waals surface area contributed by atoms with Gasteiger partial charge in [0.05, 0.1) is 0 Å². The van der Waals surface area contributed by atoms with Crippen molar-refractivity contribution in [3.63, 3.8) is 0 Å². The average molecular weight is 163 g/mol. The summed E-state index contributed by atoms with van der Waals surface area (Å²) in [6.45, 7) is 0. The first-order valence-electron chi connectivity index (χ1n) is 0.577. The second-order valence-corrected chi connectivity index (χ2v) is 0. The summed E-state index contributed by atoms with van der Waals surface area (Å²) in [5.41, 5.74) is 0. The molecule has 0 aromatic rings. The summed E-state index contributed by atoms with van der Waals surface area (Å²) in [6.07, 6.45) is 0. The number of hydrogen-bond acceptors (Lipinski definition) is 2. The Morgan fingerprint density at radius 2 is 0.750 bits per heavy atom. The Morgan fingerprint density at radius 1 is 0.750 bits per heavy atom. The molecule has 0 rings (SSSR count). The molecule has 0 amide bonds. The van der Waals surface area contributed by atoms with Crippen LogP contribution >= 0.6 is 0 Å². The molecule has 0 fully saturated rings. The molecule has 16 valence electrons. The van der Waals surface area contributed by atoms with Crippen LogP contribution in [0.25, 0.3) is 0 Å². The molecule has 0 spiro atoms. The Labute approximate surface area is 43.8 Å². The van der Waals surface area contributed by atoms with Gasteiger partial charge in [0.25, 0.3) is 0 Å². The normalized spacial score (nSPS) is 3.00. The second kappa shape index (κ2) is 43.5. The fourth-order valence-electron chi connectivity index (χ4n) is 0. The van der Waals surface area contributed by atoms with Gasteiger partial charge < -0.3 is 0 Å². The third kappa shape index (κ3) is 13.5. The van der Waals surface area contributed by atoms with E-state index in [0.29, 0.717) is 0 Å². The quantitative estimate of drug-likeness (QED) is 0.461. The third-order valence-corrected chi connectivity index (χ3v) is 0. The van der Waals surface area contributed by atoms with Crippen molar-refractivity contribution in [1.29, 1.82) is 0 Å². The molecule has 2 nitrogen and oxygen atoms in total. The van der Waals surface area contributed by atoms with Gasteiger partial charge in [-0.25, -0.2) is 0 Å². The van der Waals surface area contributed by atoms with Gasteiger partial charge in [0.2, 0.25) is 0 Å². The second-order valence-electron chi connectivity index (χ2n) is 0. The van der Waals surface area contributed by atoms with E-state index in [4.69, 9.17) is 7.15 Å². The molecule has 0 bridgehead atoms. The SMILES string of the molecule is [O]=[Zn].[O]=[Zn]. The van der Waals surface area contributed by atoms with Crippen molar-refractivity contribution in [3.05, 3.63) is 0 Å². The predicted molar refractivity (Wildman–Crippen MR) is 1.37 cm³/mol. The van der Waals surface area contributed by atoms with Crippen LogP contribution in [0.1, 0.15) is 0 Å². The van der Waals surface area contributed by atoms with E-state index >= 15 is 0 Å². The van der Waals surface area contributed by atoms with Crippen molar-refractivity contribution in [2.24, 2.45) is 0 Å². The third-order valence-electron chi connectivity index (χ3n) is 0. The van der Waals surface area contributed by atoms with Crippen LogP contribution in [0.15, 0.2) is 0 Å². The Balaban J connectivity index is 0. The van der Waals surface area contributed by atoms with Gasteiger partial charge in [0.15, 0.2) is 0 Å². The minimum absolute atomic E-state index is 0.125. The van der Waals surface area contributed by atoms with E-state index in [9.17, 15) is 0 Å². The van der Waals surface area contributed by atoms with Crippen molar-refractivity contribution in [3.8, 4) is 0 Å². The monoisotopic (exact) mass is 160 g/mol. The van der Waals surface area contributed by atoms with Gasteiger partial charge in [0, 0.05) is 0 Å². The maximum absolute atomic E-state index is 8.38. The van der Waals surface area contributed by atoms with Crippen LogP contribution in [0, 0.1) is 0 Å². The number of hydrogen-bond donors (Lipinski definition) is 0. The molecule has 0 atom stereocenters. The van der Waals surface area contributed by atoms with Crippen LogP contribution in [-0.2, 0) is 43.7 Å². The molecule has 0 heterocycles. The van der Waals surface area contributed by atoms with Crippen LogP contribution in [0.2, 0.25) is 0 Å². The van der Waals surface area contributed by atoms with Gasteiger partial charge in [0.1, 0.15) is 0 Å². The fourth-order valence-corrected chi connectivity index (χ4v) is 0. The van der Waals surface area contributed by atoms with E-state index in [1.54, 1.807) is 0 Å². The summed E-state index contributed by atoms with van der Waals surface area (Å²) in [5, 5.41) is 0. The molecule has 0 aromatic heterocycles. The molecule has 4 heteroatoms. The molecule has 0 N–H and O–H groups in total. The van der Waals surface area contributed by atoms with Crippen molar-refractivity contribution in [2.45, 2.75) is 0 Å². The van der Waals surface area contributed by atoms with Crippen molar-refractivity contribution in [2.75, 3.05) is 0 Å². The average Bonchev–Trinajstić information content (AvgIpc) is 1.50. The first kappa shape index (κ1) is 8.85. The van der Waals surface area contributed by atoms with Gasteiger partial charge in [-0.1, -0.05) is 0 Å². The van der Waals surface area contributed by atoms with E-state index in [1.807, 2.05) is 0 Å². The molecule has 0 saturated carbocycles. The van der Waals surface area contributed by atoms with E-state index < -0.39 is 0 Å². The molecule has 0 aromatic carbocycles. The zero-order chi connectivity index (χ0) is 4.00. The summed E-state index contributed by atoms with van der Waals surface area (Å²) in [7, 11) is 0. The number of rotatable bonds is 0. The fraction of sp³-hybridized carbons (Fsp3) is 0. The summed E-state index contributed by atoms with van der Waals surface area (Å²) >= 11 is 0.250. The summed E-state index contributed by atoms with van der Waals surface area (Å²) in [5.74, 6) is 0. The van der Waals surface area contributed by atoms with E-state index in [0.717, 1.165) is 0 Å². The van der Waals surface area contributed by atoms with Crippen LogP contribution in [0.4, 0.5) is 0 Å². The molecular formula is O2Zn2. The van der Waals surface area contributed by atoms with E-state index in [-0.39, 0.29) is 36.5 Å². The summed E-state index contributed by atoms with van der Waals surface area (Å²) < 4.78 is 16.8. The van der Waals surface area contributed by atoms with Crippen LogP contribution < -0.4 is 0 Å². The van der Waals surface area contributed by atoms with E-state index in [2.05, 4.69) is 0 Å². The summed E-state index contributed by atoms with van der Waals surface area (Å²) in [6, 6.07) is 0. The van der Waals surface area contributed by atoms with Crippen LogP contribution in [0.3, 0.4) is 0 Å². The Hall–Kier alpha value is 0.847. The molecular weight excluding hydrogens is 163 g/mol. The van der Waals surface area contributed by atoms with Gasteiger partial charge in [-0.3, -0.25) is 0 Å². The molecule has 0 radical (unpaired) electrons. The Morgan fingerprint density at radius 3 is 0.750 bits per heavy atom. The minimum atomic E-state index is 0.125. The van der Waals surface area contributed by atoms with Crippen molar-refractivity contribution < 1.29 is 43.7 Å². The Kier molecular flexibility index (Phi) is 96.2. The van der Waals surface area contributed by atoms with Crippen molar-refractivity contribution >= 4 is 0 Å². The molecule has 4 heavy (non-hydrogen) atoms. The Bertz CT molecular complexity index is 6.00. The zero-order valence-corrected chi connectivity index (χ0v) is 8.16. The van der Waals surface area contributed by atoms with Crippen LogP contribution in [-0.4, -0.2) is 0 Å². The summed E-state index contributed by atoms with van der Waals surface area (Å²) in [4.78, 5) is 0. The zero-order valence-electron chi connectivity index (χ0n) is 2.23. The molecule has 0 aliphatic rings. The van der Waals surface area contributed by atoms with Crippen molar-refractivity contribution in [1.82, 2.24) is 0 Å².